The minimum absolute atomic E-state index is 0.163. The third-order valence-corrected chi connectivity index (χ3v) is 3.84. The molecule has 0 aliphatic carbocycles. The van der Waals surface area contributed by atoms with Gasteiger partial charge in [-0.3, -0.25) is 0 Å². The molecular weight excluding hydrogens is 258 g/mol. The highest BCUT2D eigenvalue weighted by Crippen LogP contribution is 2.32. The van der Waals surface area contributed by atoms with Crippen molar-refractivity contribution in [2.24, 2.45) is 5.92 Å². The third kappa shape index (κ3) is 3.71. The molecule has 1 N–H and O–H groups in total. The zero-order chi connectivity index (χ0) is 15.1. The molecule has 0 radical (unpaired) electrons. The number of hydrogen-bond donors (Lipinski definition) is 1. The minimum Gasteiger partial charge on any atom is -0.391 e. The maximum atomic E-state index is 10.8. The van der Waals surface area contributed by atoms with Gasteiger partial charge in [0, 0.05) is 5.92 Å². The molecule has 0 bridgehead atoms. The number of nitrogens with zero attached hydrogens (tertiary/aromatic N) is 1. The largest absolute Gasteiger partial charge is 0.391 e. The summed E-state index contributed by atoms with van der Waals surface area (Å²) >= 11 is 0. The van der Waals surface area contributed by atoms with Gasteiger partial charge < -0.3 is 5.11 Å². The number of aliphatic hydroxyl groups excluding tert-OH is 1. The summed E-state index contributed by atoms with van der Waals surface area (Å²) in [5.41, 5.74) is 2.10. The van der Waals surface area contributed by atoms with Crippen LogP contribution in [0, 0.1) is 17.2 Å². The first kappa shape index (κ1) is 15.3. The average Bonchev–Trinajstić information content (AvgIpc) is 2.55. The zero-order valence-corrected chi connectivity index (χ0v) is 12.3. The van der Waals surface area contributed by atoms with Crippen LogP contribution in [0.1, 0.15) is 36.8 Å². The first-order valence-electron chi connectivity index (χ1n) is 7.45. The van der Waals surface area contributed by atoms with Crippen LogP contribution in [0.3, 0.4) is 0 Å². The van der Waals surface area contributed by atoms with Crippen molar-refractivity contribution in [3.8, 4) is 6.07 Å². The highest BCUT2D eigenvalue weighted by atomic mass is 16.3. The van der Waals surface area contributed by atoms with Gasteiger partial charge in [0.2, 0.25) is 0 Å². The van der Waals surface area contributed by atoms with Gasteiger partial charge in [-0.25, -0.2) is 0 Å². The minimum atomic E-state index is -0.695. The molecule has 2 aromatic rings. The molecule has 2 rings (SSSR count). The predicted octanol–water partition coefficient (Wildman–Crippen LogP) is 4.12. The van der Waals surface area contributed by atoms with Gasteiger partial charge in [0.25, 0.3) is 0 Å². The number of rotatable bonds is 6. The number of hydrogen-bond acceptors (Lipinski definition) is 2. The quantitative estimate of drug-likeness (QED) is 0.864. The first-order chi connectivity index (χ1) is 10.3. The van der Waals surface area contributed by atoms with Gasteiger partial charge in [0.05, 0.1) is 18.1 Å². The van der Waals surface area contributed by atoms with Gasteiger partial charge in [-0.05, 0) is 17.5 Å². The number of aliphatic hydroxyl groups is 1. The van der Waals surface area contributed by atoms with Crippen LogP contribution in [0.5, 0.6) is 0 Å². The lowest BCUT2D eigenvalue weighted by atomic mass is 9.80. The molecule has 2 nitrogen and oxygen atoms in total. The Hall–Kier alpha value is -2.11. The van der Waals surface area contributed by atoms with E-state index in [0.29, 0.717) is 6.42 Å². The topological polar surface area (TPSA) is 44.0 Å². The summed E-state index contributed by atoms with van der Waals surface area (Å²) in [6.45, 7) is 2.04. The van der Waals surface area contributed by atoms with Crippen LogP contribution in [0.2, 0.25) is 0 Å². The Labute approximate surface area is 126 Å². The smallest absolute Gasteiger partial charge is 0.0807 e. The molecule has 0 saturated heterocycles. The van der Waals surface area contributed by atoms with Gasteiger partial charge in [-0.15, -0.1) is 0 Å². The van der Waals surface area contributed by atoms with Crippen LogP contribution in [-0.2, 0) is 0 Å². The Balaban J connectivity index is 2.40. The summed E-state index contributed by atoms with van der Waals surface area (Å²) in [6, 6.07) is 22.1. The average molecular weight is 279 g/mol. The maximum Gasteiger partial charge on any atom is 0.0807 e. The van der Waals surface area contributed by atoms with E-state index < -0.39 is 6.10 Å². The molecule has 2 aromatic carbocycles. The molecule has 21 heavy (non-hydrogen) atoms. The molecule has 0 fully saturated rings. The molecule has 0 amide bonds. The van der Waals surface area contributed by atoms with Crippen molar-refractivity contribution in [1.82, 2.24) is 0 Å². The fourth-order valence-electron chi connectivity index (χ4n) is 2.76. The van der Waals surface area contributed by atoms with Crippen molar-refractivity contribution in [2.75, 3.05) is 0 Å². The molecule has 0 saturated carbocycles. The monoisotopic (exact) mass is 279 g/mol. The Bertz CT molecular complexity index is 534. The van der Waals surface area contributed by atoms with Crippen molar-refractivity contribution in [3.63, 3.8) is 0 Å². The molecule has 0 heterocycles. The Morgan fingerprint density at radius 1 is 0.952 bits per heavy atom. The van der Waals surface area contributed by atoms with Crippen LogP contribution in [0.4, 0.5) is 0 Å². The molecule has 0 aromatic heterocycles. The summed E-state index contributed by atoms with van der Waals surface area (Å²) in [7, 11) is 0. The predicted molar refractivity (Wildman–Crippen MR) is 84.7 cm³/mol. The summed E-state index contributed by atoms with van der Waals surface area (Å²) in [4.78, 5) is 0. The van der Waals surface area contributed by atoms with Crippen molar-refractivity contribution in [2.45, 2.75) is 31.8 Å². The van der Waals surface area contributed by atoms with E-state index in [9.17, 15) is 10.4 Å². The molecular formula is C19H21NO. The number of nitriles is 1. The lowest BCUT2D eigenvalue weighted by molar-refractivity contribution is 0.111. The molecule has 2 heteroatoms. The highest BCUT2D eigenvalue weighted by molar-refractivity contribution is 5.34. The summed E-state index contributed by atoms with van der Waals surface area (Å²) in [5, 5.41) is 20.1. The van der Waals surface area contributed by atoms with E-state index in [4.69, 9.17) is 0 Å². The normalized spacial score (nSPS) is 13.6. The second-order valence-electron chi connectivity index (χ2n) is 5.31. The lowest BCUT2D eigenvalue weighted by Crippen LogP contribution is -2.27. The SMILES string of the molecule is CCCC(C#N)C(O)C(c1ccccc1)c1ccccc1. The van der Waals surface area contributed by atoms with Gasteiger partial charge in [0.1, 0.15) is 0 Å². The van der Waals surface area contributed by atoms with Crippen LogP contribution in [0.25, 0.3) is 0 Å². The van der Waals surface area contributed by atoms with Gasteiger partial charge in [-0.2, -0.15) is 5.26 Å². The van der Waals surface area contributed by atoms with Crippen molar-refractivity contribution in [3.05, 3.63) is 71.8 Å². The molecule has 2 atom stereocenters. The second kappa shape index (κ2) is 7.61. The Morgan fingerprint density at radius 2 is 1.43 bits per heavy atom. The van der Waals surface area contributed by atoms with E-state index >= 15 is 0 Å². The number of benzene rings is 2. The van der Waals surface area contributed by atoms with E-state index in [1.165, 1.54) is 0 Å². The second-order valence-corrected chi connectivity index (χ2v) is 5.31. The standard InChI is InChI=1S/C19H21NO/c1-2-9-17(14-20)19(21)18(15-10-5-3-6-11-15)16-12-7-4-8-13-16/h3-8,10-13,17-19,21H,2,9H2,1H3. The van der Waals surface area contributed by atoms with Crippen molar-refractivity contribution in [1.29, 1.82) is 5.26 Å². The molecule has 2 unspecified atom stereocenters. The first-order valence-corrected chi connectivity index (χ1v) is 7.45. The van der Waals surface area contributed by atoms with Crippen LogP contribution >= 0.6 is 0 Å². The molecule has 0 spiro atoms. The summed E-state index contributed by atoms with van der Waals surface area (Å²) in [6.07, 6.45) is 0.916. The summed E-state index contributed by atoms with van der Waals surface area (Å²) < 4.78 is 0. The molecule has 108 valence electrons. The Morgan fingerprint density at radius 3 is 1.81 bits per heavy atom. The maximum absolute atomic E-state index is 10.8. The van der Waals surface area contributed by atoms with Crippen LogP contribution in [0.15, 0.2) is 60.7 Å². The highest BCUT2D eigenvalue weighted by Gasteiger charge is 2.29. The van der Waals surface area contributed by atoms with E-state index in [2.05, 4.69) is 6.07 Å². The molecule has 0 aliphatic rings. The van der Waals surface area contributed by atoms with Gasteiger partial charge in [-0.1, -0.05) is 74.0 Å². The van der Waals surface area contributed by atoms with Gasteiger partial charge in [0.15, 0.2) is 0 Å². The van der Waals surface area contributed by atoms with E-state index in [0.717, 1.165) is 17.5 Å². The summed E-state index contributed by atoms with van der Waals surface area (Å²) in [5.74, 6) is -0.510. The van der Waals surface area contributed by atoms with Crippen molar-refractivity contribution < 1.29 is 5.11 Å². The van der Waals surface area contributed by atoms with Crippen molar-refractivity contribution >= 4 is 0 Å². The lowest BCUT2D eigenvalue weighted by Gasteiger charge is -2.27. The third-order valence-electron chi connectivity index (χ3n) is 3.84. The van der Waals surface area contributed by atoms with Gasteiger partial charge >= 0.3 is 0 Å². The van der Waals surface area contributed by atoms with Crippen LogP contribution < -0.4 is 0 Å². The zero-order valence-electron chi connectivity index (χ0n) is 12.3. The van der Waals surface area contributed by atoms with E-state index in [-0.39, 0.29) is 11.8 Å². The fraction of sp³-hybridized carbons (Fsp3) is 0.316. The fourth-order valence-corrected chi connectivity index (χ4v) is 2.76. The Kier molecular flexibility index (Phi) is 5.54. The van der Waals surface area contributed by atoms with E-state index in [1.54, 1.807) is 0 Å². The van der Waals surface area contributed by atoms with E-state index in [1.807, 2.05) is 67.6 Å². The molecule has 0 aliphatic heterocycles. The van der Waals surface area contributed by atoms with Crippen LogP contribution in [-0.4, -0.2) is 11.2 Å².